The summed E-state index contributed by atoms with van der Waals surface area (Å²) in [7, 11) is 0. The maximum absolute atomic E-state index is 12.3. The third-order valence-corrected chi connectivity index (χ3v) is 4.10. The van der Waals surface area contributed by atoms with Gasteiger partial charge in [0, 0.05) is 32.7 Å². The Hall–Kier alpha value is -0.540. The van der Waals surface area contributed by atoms with Gasteiger partial charge >= 0.3 is 6.36 Å². The summed E-state index contributed by atoms with van der Waals surface area (Å²) in [6, 6.07) is 4.78. The van der Waals surface area contributed by atoms with Crippen LogP contribution in [0.25, 0.3) is 0 Å². The van der Waals surface area contributed by atoms with Gasteiger partial charge in [0.25, 0.3) is 0 Å². The van der Waals surface area contributed by atoms with Crippen molar-refractivity contribution >= 4 is 22.6 Å². The maximum atomic E-state index is 12.3. The van der Waals surface area contributed by atoms with Crippen LogP contribution in [0, 0.1) is 3.57 Å². The molecule has 1 fully saturated rings. The first-order valence-electron chi connectivity index (χ1n) is 5.92. The first-order valence-corrected chi connectivity index (χ1v) is 7.00. The molecule has 0 spiro atoms. The molecule has 0 atom stereocenters. The van der Waals surface area contributed by atoms with E-state index in [4.69, 9.17) is 0 Å². The highest BCUT2D eigenvalue weighted by molar-refractivity contribution is 14.1. The van der Waals surface area contributed by atoms with Gasteiger partial charge in [-0.25, -0.2) is 0 Å². The second-order valence-corrected chi connectivity index (χ2v) is 5.38. The van der Waals surface area contributed by atoms with Crippen LogP contribution in [0.15, 0.2) is 18.2 Å². The van der Waals surface area contributed by atoms with Gasteiger partial charge in [-0.15, -0.1) is 13.2 Å². The predicted molar refractivity (Wildman–Crippen MR) is 74.0 cm³/mol. The lowest BCUT2D eigenvalue weighted by Gasteiger charge is -2.27. The molecule has 1 aromatic carbocycles. The zero-order valence-corrected chi connectivity index (χ0v) is 12.3. The molecule has 1 aliphatic rings. The predicted octanol–water partition coefficient (Wildman–Crippen LogP) is 2.60. The molecule has 1 heterocycles. The summed E-state index contributed by atoms with van der Waals surface area (Å²) in [6.07, 6.45) is -4.65. The number of benzene rings is 1. The van der Waals surface area contributed by atoms with Crippen LogP contribution in [0.4, 0.5) is 13.2 Å². The second kappa shape index (κ2) is 6.27. The van der Waals surface area contributed by atoms with Crippen LogP contribution < -0.4 is 10.1 Å². The van der Waals surface area contributed by atoms with Crippen molar-refractivity contribution < 1.29 is 17.9 Å². The molecule has 1 aromatic rings. The van der Waals surface area contributed by atoms with E-state index in [-0.39, 0.29) is 5.75 Å². The molecular weight excluding hydrogens is 372 g/mol. The standard InChI is InChI=1S/C12H14F3IN2O/c13-12(14,15)19-10-3-1-2-9(11(10)16)8-18-6-4-17-5-7-18/h1-3,17H,4-8H2. The highest BCUT2D eigenvalue weighted by Crippen LogP contribution is 2.30. The van der Waals surface area contributed by atoms with Crippen molar-refractivity contribution in [3.8, 4) is 5.75 Å². The van der Waals surface area contributed by atoms with Crippen molar-refractivity contribution in [2.75, 3.05) is 26.2 Å². The molecule has 0 aliphatic carbocycles. The van der Waals surface area contributed by atoms with Gasteiger partial charge in [-0.05, 0) is 34.2 Å². The van der Waals surface area contributed by atoms with Crippen molar-refractivity contribution in [2.45, 2.75) is 12.9 Å². The Labute approximate surface area is 123 Å². The Morgan fingerprint density at radius 3 is 2.58 bits per heavy atom. The summed E-state index contributed by atoms with van der Waals surface area (Å²) < 4.78 is 41.4. The minimum absolute atomic E-state index is 0.124. The lowest BCUT2D eigenvalue weighted by molar-refractivity contribution is -0.275. The zero-order chi connectivity index (χ0) is 13.9. The molecule has 1 aliphatic heterocycles. The minimum atomic E-state index is -4.65. The normalized spacial score (nSPS) is 17.5. The monoisotopic (exact) mass is 386 g/mol. The molecule has 0 aromatic heterocycles. The van der Waals surface area contributed by atoms with E-state index < -0.39 is 6.36 Å². The molecule has 3 nitrogen and oxygen atoms in total. The average Bonchev–Trinajstić information content (AvgIpc) is 2.34. The number of hydrogen-bond donors (Lipinski definition) is 1. The lowest BCUT2D eigenvalue weighted by atomic mass is 10.2. The van der Waals surface area contributed by atoms with Gasteiger partial charge < -0.3 is 10.1 Å². The van der Waals surface area contributed by atoms with Crippen LogP contribution in [0.3, 0.4) is 0 Å². The quantitative estimate of drug-likeness (QED) is 0.809. The number of piperazine rings is 1. The summed E-state index contributed by atoms with van der Waals surface area (Å²) in [6.45, 7) is 4.28. The van der Waals surface area contributed by atoms with Crippen LogP contribution in [-0.2, 0) is 6.54 Å². The molecule has 0 saturated carbocycles. The third kappa shape index (κ3) is 4.50. The van der Waals surface area contributed by atoms with Gasteiger partial charge in [-0.3, -0.25) is 4.90 Å². The molecule has 1 saturated heterocycles. The Bertz CT molecular complexity index is 433. The number of nitrogens with one attached hydrogen (secondary N) is 1. The highest BCUT2D eigenvalue weighted by atomic mass is 127. The molecular formula is C12H14F3IN2O. The number of hydrogen-bond acceptors (Lipinski definition) is 3. The highest BCUT2D eigenvalue weighted by Gasteiger charge is 2.32. The SMILES string of the molecule is FC(F)(F)Oc1cccc(CN2CCNCC2)c1I. The summed E-state index contributed by atoms with van der Waals surface area (Å²) in [4.78, 5) is 2.21. The Morgan fingerprint density at radius 2 is 1.95 bits per heavy atom. The van der Waals surface area contributed by atoms with Gasteiger partial charge in [0.1, 0.15) is 5.75 Å². The van der Waals surface area contributed by atoms with Gasteiger partial charge in [-0.1, -0.05) is 12.1 Å². The van der Waals surface area contributed by atoms with Gasteiger partial charge in [0.15, 0.2) is 0 Å². The van der Waals surface area contributed by atoms with Crippen molar-refractivity contribution in [3.05, 3.63) is 27.3 Å². The Kier molecular flexibility index (Phi) is 4.91. The van der Waals surface area contributed by atoms with Crippen molar-refractivity contribution in [3.63, 3.8) is 0 Å². The van der Waals surface area contributed by atoms with E-state index in [1.54, 1.807) is 6.07 Å². The van der Waals surface area contributed by atoms with E-state index >= 15 is 0 Å². The summed E-state index contributed by atoms with van der Waals surface area (Å²) in [5.41, 5.74) is 0.865. The van der Waals surface area contributed by atoms with Crippen LogP contribution >= 0.6 is 22.6 Å². The molecule has 2 rings (SSSR count). The van der Waals surface area contributed by atoms with E-state index in [2.05, 4.69) is 15.0 Å². The minimum Gasteiger partial charge on any atom is -0.405 e. The van der Waals surface area contributed by atoms with Gasteiger partial charge in [-0.2, -0.15) is 0 Å². The average molecular weight is 386 g/mol. The van der Waals surface area contributed by atoms with Crippen molar-refractivity contribution in [1.29, 1.82) is 0 Å². The van der Waals surface area contributed by atoms with E-state index in [1.807, 2.05) is 28.7 Å². The Morgan fingerprint density at radius 1 is 1.26 bits per heavy atom. The van der Waals surface area contributed by atoms with Crippen LogP contribution in [0.1, 0.15) is 5.56 Å². The first-order chi connectivity index (χ1) is 8.96. The number of halogens is 4. The van der Waals surface area contributed by atoms with Gasteiger partial charge in [0.05, 0.1) is 3.57 Å². The lowest BCUT2D eigenvalue weighted by Crippen LogP contribution is -2.43. The largest absolute Gasteiger partial charge is 0.573 e. The third-order valence-electron chi connectivity index (χ3n) is 2.87. The van der Waals surface area contributed by atoms with Gasteiger partial charge in [0.2, 0.25) is 0 Å². The van der Waals surface area contributed by atoms with Crippen molar-refractivity contribution in [2.24, 2.45) is 0 Å². The van der Waals surface area contributed by atoms with Crippen LogP contribution in [-0.4, -0.2) is 37.4 Å². The summed E-state index contributed by atoms with van der Waals surface area (Å²) in [5.74, 6) is -0.124. The topological polar surface area (TPSA) is 24.5 Å². The number of ether oxygens (including phenoxy) is 1. The van der Waals surface area contributed by atoms with Crippen LogP contribution in [0.5, 0.6) is 5.75 Å². The van der Waals surface area contributed by atoms with Crippen LogP contribution in [0.2, 0.25) is 0 Å². The number of alkyl halides is 3. The fourth-order valence-corrected chi connectivity index (χ4v) is 2.63. The second-order valence-electron chi connectivity index (χ2n) is 4.30. The molecule has 19 heavy (non-hydrogen) atoms. The number of rotatable bonds is 3. The van der Waals surface area contributed by atoms with E-state index in [0.29, 0.717) is 10.1 Å². The molecule has 0 unspecified atom stereocenters. The van der Waals surface area contributed by atoms with E-state index in [1.165, 1.54) is 6.07 Å². The van der Waals surface area contributed by atoms with E-state index in [0.717, 1.165) is 31.7 Å². The Balaban J connectivity index is 2.10. The maximum Gasteiger partial charge on any atom is 0.573 e. The molecule has 0 amide bonds. The zero-order valence-electron chi connectivity index (χ0n) is 10.1. The molecule has 0 bridgehead atoms. The fraction of sp³-hybridized carbons (Fsp3) is 0.500. The molecule has 106 valence electrons. The molecule has 1 N–H and O–H groups in total. The van der Waals surface area contributed by atoms with Crippen molar-refractivity contribution in [1.82, 2.24) is 10.2 Å². The smallest absolute Gasteiger partial charge is 0.405 e. The summed E-state index contributed by atoms with van der Waals surface area (Å²) >= 11 is 1.91. The van der Waals surface area contributed by atoms with E-state index in [9.17, 15) is 13.2 Å². The summed E-state index contributed by atoms with van der Waals surface area (Å²) in [5, 5.41) is 3.24. The first kappa shape index (κ1) is 14.9. The molecule has 7 heteroatoms. The number of nitrogens with zero attached hydrogens (tertiary/aromatic N) is 1. The molecule has 0 radical (unpaired) electrons. The fourth-order valence-electron chi connectivity index (χ4n) is 1.99.